The lowest BCUT2D eigenvalue weighted by atomic mass is 10.2. The van der Waals surface area contributed by atoms with Gasteiger partial charge in [-0.3, -0.25) is 4.90 Å². The highest BCUT2D eigenvalue weighted by Gasteiger charge is 2.34. The molecular weight excluding hydrogens is 230 g/mol. The van der Waals surface area contributed by atoms with E-state index in [-0.39, 0.29) is 5.56 Å². The number of carbonyl (C=O) groups is 1. The van der Waals surface area contributed by atoms with Crippen molar-refractivity contribution in [3.8, 4) is 0 Å². The SMILES string of the molecule is O=C(O)c1cccnc1NC1CCN(C2CC2)C1. The van der Waals surface area contributed by atoms with Gasteiger partial charge in [-0.1, -0.05) is 0 Å². The molecule has 1 aromatic heterocycles. The summed E-state index contributed by atoms with van der Waals surface area (Å²) in [4.78, 5) is 17.7. The lowest BCUT2D eigenvalue weighted by Crippen LogP contribution is -2.28. The zero-order chi connectivity index (χ0) is 12.5. The van der Waals surface area contributed by atoms with Gasteiger partial charge in [-0.25, -0.2) is 9.78 Å². The summed E-state index contributed by atoms with van der Waals surface area (Å²) in [5, 5.41) is 12.4. The highest BCUT2D eigenvalue weighted by molar-refractivity contribution is 5.93. The zero-order valence-electron chi connectivity index (χ0n) is 10.2. The highest BCUT2D eigenvalue weighted by atomic mass is 16.4. The summed E-state index contributed by atoms with van der Waals surface area (Å²) >= 11 is 0. The van der Waals surface area contributed by atoms with E-state index in [1.807, 2.05) is 0 Å². The van der Waals surface area contributed by atoms with Crippen molar-refractivity contribution in [2.75, 3.05) is 18.4 Å². The van der Waals surface area contributed by atoms with Crippen LogP contribution in [0.5, 0.6) is 0 Å². The molecule has 1 aliphatic heterocycles. The Morgan fingerprint density at radius 2 is 2.28 bits per heavy atom. The number of aromatic carboxylic acids is 1. The summed E-state index contributed by atoms with van der Waals surface area (Å²) in [6.45, 7) is 2.11. The maximum atomic E-state index is 11.1. The molecule has 96 valence electrons. The van der Waals surface area contributed by atoms with Crippen LogP contribution >= 0.6 is 0 Å². The molecule has 1 saturated heterocycles. The number of anilines is 1. The fraction of sp³-hybridized carbons (Fsp3) is 0.538. The van der Waals surface area contributed by atoms with Crippen LogP contribution in [0.3, 0.4) is 0 Å². The molecule has 0 aromatic carbocycles. The van der Waals surface area contributed by atoms with Crippen molar-refractivity contribution in [2.45, 2.75) is 31.3 Å². The number of hydrogen-bond acceptors (Lipinski definition) is 4. The molecule has 0 spiro atoms. The van der Waals surface area contributed by atoms with E-state index in [1.54, 1.807) is 18.3 Å². The average Bonchev–Trinajstić information content (AvgIpc) is 3.11. The first-order valence-electron chi connectivity index (χ1n) is 6.43. The number of carboxylic acid groups (broad SMARTS) is 1. The van der Waals surface area contributed by atoms with Crippen LogP contribution < -0.4 is 5.32 Å². The van der Waals surface area contributed by atoms with Crippen molar-refractivity contribution < 1.29 is 9.90 Å². The third-order valence-electron chi connectivity index (χ3n) is 3.66. The van der Waals surface area contributed by atoms with Crippen LogP contribution in [0.15, 0.2) is 18.3 Å². The van der Waals surface area contributed by atoms with Crippen LogP contribution in [0.4, 0.5) is 5.82 Å². The summed E-state index contributed by atoms with van der Waals surface area (Å²) in [5.74, 6) is -0.435. The first kappa shape index (κ1) is 11.5. The second kappa shape index (κ2) is 4.57. The van der Waals surface area contributed by atoms with E-state index < -0.39 is 5.97 Å². The molecule has 5 nitrogen and oxygen atoms in total. The van der Waals surface area contributed by atoms with Crippen LogP contribution in [-0.4, -0.2) is 46.1 Å². The number of pyridine rings is 1. The van der Waals surface area contributed by atoms with Gasteiger partial charge in [0.2, 0.25) is 0 Å². The Bertz CT molecular complexity index is 459. The highest BCUT2D eigenvalue weighted by Crippen LogP contribution is 2.30. The van der Waals surface area contributed by atoms with Gasteiger partial charge in [0.25, 0.3) is 0 Å². The maximum Gasteiger partial charge on any atom is 0.339 e. The number of aromatic nitrogens is 1. The van der Waals surface area contributed by atoms with Gasteiger partial charge in [-0.05, 0) is 31.4 Å². The summed E-state index contributed by atoms with van der Waals surface area (Å²) in [5.41, 5.74) is 0.252. The smallest absolute Gasteiger partial charge is 0.339 e. The molecule has 0 amide bonds. The fourth-order valence-corrected chi connectivity index (χ4v) is 2.56. The largest absolute Gasteiger partial charge is 0.478 e. The van der Waals surface area contributed by atoms with Crippen LogP contribution in [0.1, 0.15) is 29.6 Å². The third-order valence-corrected chi connectivity index (χ3v) is 3.66. The standard InChI is InChI=1S/C13H17N3O2/c17-13(18)11-2-1-6-14-12(11)15-9-5-7-16(8-9)10-3-4-10/h1-2,6,9-10H,3-5,7-8H2,(H,14,15)(H,17,18). The maximum absolute atomic E-state index is 11.1. The molecule has 2 aliphatic rings. The van der Waals surface area contributed by atoms with E-state index in [2.05, 4.69) is 15.2 Å². The Kier molecular flexibility index (Phi) is 2.91. The van der Waals surface area contributed by atoms with Gasteiger partial charge in [-0.15, -0.1) is 0 Å². The Morgan fingerprint density at radius 1 is 1.44 bits per heavy atom. The molecule has 2 heterocycles. The number of hydrogen-bond donors (Lipinski definition) is 2. The van der Waals surface area contributed by atoms with E-state index in [1.165, 1.54) is 12.8 Å². The van der Waals surface area contributed by atoms with Crippen LogP contribution in [0.2, 0.25) is 0 Å². The Balaban J connectivity index is 1.67. The molecular formula is C13H17N3O2. The van der Waals surface area contributed by atoms with E-state index >= 15 is 0 Å². The van der Waals surface area contributed by atoms with Gasteiger partial charge < -0.3 is 10.4 Å². The second-order valence-corrected chi connectivity index (χ2v) is 5.06. The fourth-order valence-electron chi connectivity index (χ4n) is 2.56. The third kappa shape index (κ3) is 2.31. The minimum atomic E-state index is -0.928. The van der Waals surface area contributed by atoms with E-state index in [4.69, 9.17) is 5.11 Å². The van der Waals surface area contributed by atoms with Gasteiger partial charge in [0.05, 0.1) is 0 Å². The molecule has 18 heavy (non-hydrogen) atoms. The summed E-state index contributed by atoms with van der Waals surface area (Å²) in [6, 6.07) is 4.34. The van der Waals surface area contributed by atoms with E-state index in [0.29, 0.717) is 11.9 Å². The number of carboxylic acids is 1. The number of likely N-dealkylation sites (tertiary alicyclic amines) is 1. The van der Waals surface area contributed by atoms with Crippen molar-refractivity contribution in [3.05, 3.63) is 23.9 Å². The molecule has 1 unspecified atom stereocenters. The predicted octanol–water partition coefficient (Wildman–Crippen LogP) is 1.43. The van der Waals surface area contributed by atoms with Crippen LogP contribution in [-0.2, 0) is 0 Å². The van der Waals surface area contributed by atoms with E-state index in [0.717, 1.165) is 25.6 Å². The van der Waals surface area contributed by atoms with Gasteiger partial charge in [0.1, 0.15) is 11.4 Å². The number of nitrogens with one attached hydrogen (secondary N) is 1. The van der Waals surface area contributed by atoms with Crippen LogP contribution in [0, 0.1) is 0 Å². The molecule has 0 bridgehead atoms. The topological polar surface area (TPSA) is 65.5 Å². The lowest BCUT2D eigenvalue weighted by Gasteiger charge is -2.17. The zero-order valence-corrected chi connectivity index (χ0v) is 10.2. The van der Waals surface area contributed by atoms with Crippen molar-refractivity contribution in [3.63, 3.8) is 0 Å². The normalized spacial score (nSPS) is 24.1. The summed E-state index contributed by atoms with van der Waals surface area (Å²) in [7, 11) is 0. The minimum absolute atomic E-state index is 0.252. The molecule has 1 atom stereocenters. The molecule has 1 aromatic rings. The molecule has 0 radical (unpaired) electrons. The molecule has 3 rings (SSSR count). The Morgan fingerprint density at radius 3 is 3.00 bits per heavy atom. The van der Waals surface area contributed by atoms with Gasteiger partial charge >= 0.3 is 5.97 Å². The first-order valence-corrected chi connectivity index (χ1v) is 6.43. The second-order valence-electron chi connectivity index (χ2n) is 5.06. The van der Waals surface area contributed by atoms with Crippen LogP contribution in [0.25, 0.3) is 0 Å². The summed E-state index contributed by atoms with van der Waals surface area (Å²) < 4.78 is 0. The number of nitrogens with zero attached hydrogens (tertiary/aromatic N) is 2. The molecule has 2 N–H and O–H groups in total. The van der Waals surface area contributed by atoms with Crippen molar-refractivity contribution >= 4 is 11.8 Å². The Labute approximate surface area is 106 Å². The van der Waals surface area contributed by atoms with Gasteiger partial charge in [-0.2, -0.15) is 0 Å². The van der Waals surface area contributed by atoms with Gasteiger partial charge in [0, 0.05) is 31.4 Å². The average molecular weight is 247 g/mol. The Hall–Kier alpha value is -1.62. The molecule has 1 saturated carbocycles. The molecule has 5 heteroatoms. The summed E-state index contributed by atoms with van der Waals surface area (Å²) in [6.07, 6.45) is 5.32. The first-order chi connectivity index (χ1) is 8.74. The number of rotatable bonds is 4. The van der Waals surface area contributed by atoms with Crippen molar-refractivity contribution in [2.24, 2.45) is 0 Å². The minimum Gasteiger partial charge on any atom is -0.478 e. The van der Waals surface area contributed by atoms with Gasteiger partial charge in [0.15, 0.2) is 0 Å². The molecule has 1 aliphatic carbocycles. The van der Waals surface area contributed by atoms with E-state index in [9.17, 15) is 4.79 Å². The quantitative estimate of drug-likeness (QED) is 0.842. The lowest BCUT2D eigenvalue weighted by molar-refractivity contribution is 0.0697. The van der Waals surface area contributed by atoms with Crippen molar-refractivity contribution in [1.29, 1.82) is 0 Å². The monoisotopic (exact) mass is 247 g/mol. The molecule has 2 fully saturated rings. The predicted molar refractivity (Wildman–Crippen MR) is 67.8 cm³/mol. The van der Waals surface area contributed by atoms with Crippen molar-refractivity contribution in [1.82, 2.24) is 9.88 Å².